The van der Waals surface area contributed by atoms with Gasteiger partial charge in [0.25, 0.3) is 5.56 Å². The molecule has 0 fully saturated rings. The van der Waals surface area contributed by atoms with Crippen LogP contribution in [-0.4, -0.2) is 33.9 Å². The first-order chi connectivity index (χ1) is 15.7. The minimum atomic E-state index is -0.205. The summed E-state index contributed by atoms with van der Waals surface area (Å²) < 4.78 is 1.74. The maximum atomic E-state index is 12.5. The fraction of sp³-hybridized carbons (Fsp3) is 0.704. The number of rotatable bonds is 19. The third-order valence-corrected chi connectivity index (χ3v) is 6.25. The maximum absolute atomic E-state index is 12.5. The van der Waals surface area contributed by atoms with Gasteiger partial charge in [-0.05, 0) is 37.9 Å². The van der Waals surface area contributed by atoms with Gasteiger partial charge in [-0.2, -0.15) is 0 Å². The van der Waals surface area contributed by atoms with E-state index in [1.165, 1.54) is 64.2 Å². The lowest BCUT2D eigenvalue weighted by atomic mass is 10.1. The van der Waals surface area contributed by atoms with Crippen molar-refractivity contribution >= 4 is 10.9 Å². The zero-order chi connectivity index (χ0) is 22.9. The Morgan fingerprint density at radius 3 is 2.34 bits per heavy atom. The first-order valence-electron chi connectivity index (χ1n) is 13.1. The quantitative estimate of drug-likeness (QED) is 0.268. The van der Waals surface area contributed by atoms with Gasteiger partial charge in [-0.15, -0.1) is 0 Å². The Kier molecular flexibility index (Phi) is 14.0. The van der Waals surface area contributed by atoms with E-state index in [1.54, 1.807) is 10.9 Å². The molecule has 1 aromatic heterocycles. The van der Waals surface area contributed by atoms with Gasteiger partial charge in [0.2, 0.25) is 0 Å². The Morgan fingerprint density at radius 2 is 1.56 bits per heavy atom. The molecule has 5 heteroatoms. The van der Waals surface area contributed by atoms with Gasteiger partial charge >= 0.3 is 0 Å². The number of fused-ring (bicyclic) bond motifs is 1. The molecule has 0 bridgehead atoms. The van der Waals surface area contributed by atoms with Gasteiger partial charge in [0.1, 0.15) is 0 Å². The molecule has 0 saturated heterocycles. The van der Waals surface area contributed by atoms with Crippen LogP contribution in [0.15, 0.2) is 35.4 Å². The van der Waals surface area contributed by atoms with Crippen molar-refractivity contribution in [2.24, 2.45) is 0 Å². The zero-order valence-corrected chi connectivity index (χ0v) is 20.2. The summed E-state index contributed by atoms with van der Waals surface area (Å²) in [4.78, 5) is 16.9. The highest BCUT2D eigenvalue weighted by atomic mass is 16.3. The van der Waals surface area contributed by atoms with Crippen LogP contribution >= 0.6 is 0 Å². The van der Waals surface area contributed by atoms with Crippen molar-refractivity contribution in [1.29, 1.82) is 0 Å². The highest BCUT2D eigenvalue weighted by molar-refractivity contribution is 5.76. The second kappa shape index (κ2) is 16.8. The topological polar surface area (TPSA) is 67.2 Å². The van der Waals surface area contributed by atoms with E-state index in [-0.39, 0.29) is 11.7 Å². The normalized spacial score (nSPS) is 12.4. The van der Waals surface area contributed by atoms with Gasteiger partial charge in [-0.1, -0.05) is 89.7 Å². The van der Waals surface area contributed by atoms with Gasteiger partial charge in [-0.25, -0.2) is 4.98 Å². The molecule has 180 valence electrons. The van der Waals surface area contributed by atoms with Crippen LogP contribution in [0.5, 0.6) is 0 Å². The third kappa shape index (κ3) is 10.7. The van der Waals surface area contributed by atoms with E-state index in [0.717, 1.165) is 50.8 Å². The van der Waals surface area contributed by atoms with Crippen LogP contribution in [0.4, 0.5) is 0 Å². The molecule has 0 spiro atoms. The summed E-state index contributed by atoms with van der Waals surface area (Å²) >= 11 is 0. The van der Waals surface area contributed by atoms with Crippen LogP contribution in [0.3, 0.4) is 0 Å². The van der Waals surface area contributed by atoms with Gasteiger partial charge in [-0.3, -0.25) is 9.36 Å². The average molecular weight is 444 g/mol. The van der Waals surface area contributed by atoms with Crippen LogP contribution in [0, 0.1) is 0 Å². The summed E-state index contributed by atoms with van der Waals surface area (Å²) in [5.41, 5.74) is 0.836. The summed E-state index contributed by atoms with van der Waals surface area (Å²) in [7, 11) is 0. The van der Waals surface area contributed by atoms with Crippen LogP contribution in [-0.2, 0) is 6.54 Å². The number of aromatic nitrogens is 2. The van der Waals surface area contributed by atoms with Gasteiger partial charge in [0.05, 0.1) is 23.3 Å². The number of benzene rings is 1. The molecule has 0 amide bonds. The summed E-state index contributed by atoms with van der Waals surface area (Å²) in [6.07, 6.45) is 18.4. The molecule has 0 radical (unpaired) electrons. The van der Waals surface area contributed by atoms with E-state index in [4.69, 9.17) is 0 Å². The highest BCUT2D eigenvalue weighted by Gasteiger charge is 2.04. The van der Waals surface area contributed by atoms with E-state index < -0.39 is 0 Å². The molecule has 2 rings (SSSR count). The Bertz CT molecular complexity index is 790. The number of aryl methyl sites for hydroxylation is 1. The van der Waals surface area contributed by atoms with Crippen molar-refractivity contribution in [2.75, 3.05) is 13.1 Å². The molecule has 32 heavy (non-hydrogen) atoms. The van der Waals surface area contributed by atoms with Crippen molar-refractivity contribution in [2.45, 2.75) is 109 Å². The monoisotopic (exact) mass is 443 g/mol. The smallest absolute Gasteiger partial charge is 0.261 e. The second-order valence-corrected chi connectivity index (χ2v) is 9.15. The Hall–Kier alpha value is -1.72. The number of para-hydroxylation sites is 1. The van der Waals surface area contributed by atoms with Gasteiger partial charge < -0.3 is 10.4 Å². The van der Waals surface area contributed by atoms with Crippen molar-refractivity contribution in [3.8, 4) is 0 Å². The molecule has 0 aliphatic heterocycles. The maximum Gasteiger partial charge on any atom is 0.261 e. The van der Waals surface area contributed by atoms with E-state index >= 15 is 0 Å². The zero-order valence-electron chi connectivity index (χ0n) is 20.2. The summed E-state index contributed by atoms with van der Waals surface area (Å²) in [6, 6.07) is 7.53. The fourth-order valence-electron chi connectivity index (χ4n) is 4.21. The molecule has 0 aliphatic carbocycles. The summed E-state index contributed by atoms with van der Waals surface area (Å²) in [6.45, 7) is 4.76. The number of nitrogens with one attached hydrogen (secondary N) is 1. The summed E-state index contributed by atoms with van der Waals surface area (Å²) in [5.74, 6) is 0. The minimum Gasteiger partial charge on any atom is -0.392 e. The minimum absolute atomic E-state index is 0.0654. The van der Waals surface area contributed by atoms with Crippen LogP contribution in [0.2, 0.25) is 0 Å². The predicted octanol–water partition coefficient (Wildman–Crippen LogP) is 5.83. The molecule has 1 aromatic carbocycles. The fourth-order valence-corrected chi connectivity index (χ4v) is 4.21. The summed E-state index contributed by atoms with van der Waals surface area (Å²) in [5, 5.41) is 14.2. The first kappa shape index (κ1) is 26.5. The number of aliphatic hydroxyl groups is 1. The van der Waals surface area contributed by atoms with E-state index in [1.807, 2.05) is 24.3 Å². The molecule has 2 aromatic rings. The molecular formula is C27H45N3O2. The molecule has 1 atom stereocenters. The van der Waals surface area contributed by atoms with Crippen molar-refractivity contribution in [3.63, 3.8) is 0 Å². The molecule has 1 unspecified atom stereocenters. The van der Waals surface area contributed by atoms with Crippen LogP contribution in [0.25, 0.3) is 10.9 Å². The lowest BCUT2D eigenvalue weighted by molar-refractivity contribution is 0.158. The Labute approximate surface area is 194 Å². The predicted molar refractivity (Wildman–Crippen MR) is 135 cm³/mol. The van der Waals surface area contributed by atoms with Crippen LogP contribution in [0.1, 0.15) is 96.8 Å². The first-order valence-corrected chi connectivity index (χ1v) is 13.1. The van der Waals surface area contributed by atoms with Crippen molar-refractivity contribution in [3.05, 3.63) is 40.9 Å². The van der Waals surface area contributed by atoms with Crippen molar-refractivity contribution in [1.82, 2.24) is 14.9 Å². The van der Waals surface area contributed by atoms with Crippen molar-refractivity contribution < 1.29 is 5.11 Å². The molecular weight excluding hydrogens is 398 g/mol. The molecule has 1 heterocycles. The van der Waals surface area contributed by atoms with Crippen LogP contribution < -0.4 is 10.9 Å². The standard InChI is InChI=1S/C27H45N3O2/c1-2-3-4-5-10-15-20-28-22-24(31)17-12-9-7-6-8-11-16-21-30-23-29-26-19-14-13-18-25(26)27(30)32/h13-14,18-19,23-24,28,31H,2-12,15-17,20-22H2,1H3. The number of unbranched alkanes of at least 4 members (excludes halogenated alkanes) is 11. The molecule has 5 nitrogen and oxygen atoms in total. The Balaban J connectivity index is 1.40. The lowest BCUT2D eigenvalue weighted by Crippen LogP contribution is -2.27. The second-order valence-electron chi connectivity index (χ2n) is 9.15. The van der Waals surface area contributed by atoms with E-state index in [9.17, 15) is 9.90 Å². The average Bonchev–Trinajstić information content (AvgIpc) is 2.81. The SMILES string of the molecule is CCCCCCCCNCC(O)CCCCCCCCCn1cnc2ccccc2c1=O. The molecule has 0 aliphatic rings. The number of hydrogen-bond acceptors (Lipinski definition) is 4. The van der Waals surface area contributed by atoms with Gasteiger partial charge in [0, 0.05) is 13.1 Å². The molecule has 2 N–H and O–H groups in total. The van der Waals surface area contributed by atoms with E-state index in [0.29, 0.717) is 5.39 Å². The van der Waals surface area contributed by atoms with E-state index in [2.05, 4.69) is 17.2 Å². The number of nitrogens with zero attached hydrogens (tertiary/aromatic N) is 2. The molecule has 0 saturated carbocycles. The largest absolute Gasteiger partial charge is 0.392 e. The number of hydrogen-bond donors (Lipinski definition) is 2. The lowest BCUT2D eigenvalue weighted by Gasteiger charge is -2.11. The van der Waals surface area contributed by atoms with Gasteiger partial charge in [0.15, 0.2) is 0 Å². The highest BCUT2D eigenvalue weighted by Crippen LogP contribution is 2.11. The number of aliphatic hydroxyl groups excluding tert-OH is 1. The third-order valence-electron chi connectivity index (χ3n) is 6.25. The Morgan fingerprint density at radius 1 is 0.906 bits per heavy atom.